The largest absolute Gasteiger partial charge is 0.490 e. The zero-order valence-corrected chi connectivity index (χ0v) is 21.0. The number of carbonyl (C=O) groups excluding carboxylic acids is 1. The van der Waals surface area contributed by atoms with E-state index in [2.05, 4.69) is 10.3 Å². The standard InChI is InChI=1S/C25H23ClN4O5S/c1-30-22-19(10-18(24(30)32)23(31)28-13-16-4-2-15(12-27)3-5-16)29-21(26)11-20(22)35-14-25(8-9-25)36(33,34)17-6-7-17/h2-5,10-11,17H,6-9,13-14H2,1H3,(H,28,31). The predicted octanol–water partition coefficient (Wildman–Crippen LogP) is 2.88. The van der Waals surface area contributed by atoms with Crippen molar-refractivity contribution in [1.82, 2.24) is 14.9 Å². The minimum Gasteiger partial charge on any atom is -0.490 e. The summed E-state index contributed by atoms with van der Waals surface area (Å²) in [5.41, 5.74) is 1.21. The molecule has 1 N–H and O–H groups in total. The summed E-state index contributed by atoms with van der Waals surface area (Å²) in [6, 6.07) is 11.6. The number of aromatic nitrogens is 2. The Labute approximate surface area is 212 Å². The minimum absolute atomic E-state index is 0.0255. The molecule has 186 valence electrons. The Bertz CT molecular complexity index is 1580. The van der Waals surface area contributed by atoms with E-state index in [1.54, 1.807) is 24.3 Å². The highest BCUT2D eigenvalue weighted by Gasteiger charge is 2.60. The second-order valence-electron chi connectivity index (χ2n) is 9.31. The molecule has 0 radical (unpaired) electrons. The fraction of sp³-hybridized carbons (Fsp3) is 0.360. The van der Waals surface area contributed by atoms with Crippen molar-refractivity contribution in [2.45, 2.75) is 42.2 Å². The van der Waals surface area contributed by atoms with E-state index in [9.17, 15) is 18.0 Å². The summed E-state index contributed by atoms with van der Waals surface area (Å²) in [5.74, 6) is -0.343. The molecule has 1 aromatic carbocycles. The number of fused-ring (bicyclic) bond motifs is 1. The molecule has 1 amide bonds. The average molecular weight is 527 g/mol. The van der Waals surface area contributed by atoms with Crippen molar-refractivity contribution < 1.29 is 17.9 Å². The number of halogens is 1. The van der Waals surface area contributed by atoms with Crippen LogP contribution >= 0.6 is 11.6 Å². The molecule has 11 heteroatoms. The van der Waals surface area contributed by atoms with Crippen molar-refractivity contribution in [3.63, 3.8) is 0 Å². The van der Waals surface area contributed by atoms with E-state index < -0.39 is 26.1 Å². The lowest BCUT2D eigenvalue weighted by atomic mass is 10.1. The monoisotopic (exact) mass is 526 g/mol. The van der Waals surface area contributed by atoms with Crippen LogP contribution in [0.1, 0.15) is 47.2 Å². The van der Waals surface area contributed by atoms with Crippen LogP contribution in [-0.2, 0) is 23.4 Å². The van der Waals surface area contributed by atoms with Crippen LogP contribution in [0.5, 0.6) is 5.75 Å². The maximum atomic E-state index is 13.1. The molecule has 0 unspecified atom stereocenters. The molecule has 0 aliphatic heterocycles. The van der Waals surface area contributed by atoms with Gasteiger partial charge in [0.25, 0.3) is 11.5 Å². The van der Waals surface area contributed by atoms with Crippen LogP contribution in [0.3, 0.4) is 0 Å². The first kappa shape index (κ1) is 24.3. The molecule has 0 atom stereocenters. The third-order valence-electron chi connectivity index (χ3n) is 6.75. The van der Waals surface area contributed by atoms with Gasteiger partial charge in [-0.3, -0.25) is 9.59 Å². The van der Waals surface area contributed by atoms with Gasteiger partial charge in [0, 0.05) is 19.7 Å². The van der Waals surface area contributed by atoms with Gasteiger partial charge in [-0.15, -0.1) is 0 Å². The number of hydrogen-bond donors (Lipinski definition) is 1. The molecule has 2 fully saturated rings. The minimum atomic E-state index is -3.27. The van der Waals surface area contributed by atoms with Crippen LogP contribution < -0.4 is 15.6 Å². The summed E-state index contributed by atoms with van der Waals surface area (Å²) in [6.07, 6.45) is 2.48. The Kier molecular flexibility index (Phi) is 6.01. The van der Waals surface area contributed by atoms with Gasteiger partial charge in [-0.2, -0.15) is 5.26 Å². The second kappa shape index (κ2) is 8.91. The molecule has 2 aliphatic carbocycles. The number of nitriles is 1. The van der Waals surface area contributed by atoms with Crippen molar-refractivity contribution in [3.8, 4) is 11.8 Å². The van der Waals surface area contributed by atoms with Crippen molar-refractivity contribution in [1.29, 1.82) is 5.26 Å². The number of sulfone groups is 1. The number of aryl methyl sites for hydroxylation is 1. The number of nitrogens with one attached hydrogen (secondary N) is 1. The van der Waals surface area contributed by atoms with E-state index in [1.165, 1.54) is 23.7 Å². The van der Waals surface area contributed by atoms with E-state index in [0.29, 0.717) is 36.8 Å². The Morgan fingerprint density at radius 3 is 2.58 bits per heavy atom. The molecule has 0 spiro atoms. The first-order chi connectivity index (χ1) is 17.1. The normalized spacial score (nSPS) is 16.4. The van der Waals surface area contributed by atoms with Gasteiger partial charge in [0.2, 0.25) is 0 Å². The zero-order chi connectivity index (χ0) is 25.7. The van der Waals surface area contributed by atoms with Gasteiger partial charge in [-0.1, -0.05) is 23.7 Å². The molecule has 0 saturated heterocycles. The number of carbonyl (C=O) groups is 1. The number of benzene rings is 1. The quantitative estimate of drug-likeness (QED) is 0.446. The molecule has 2 aliphatic rings. The van der Waals surface area contributed by atoms with Gasteiger partial charge in [0.1, 0.15) is 33.3 Å². The van der Waals surface area contributed by atoms with Crippen LogP contribution in [0, 0.1) is 11.3 Å². The van der Waals surface area contributed by atoms with Gasteiger partial charge in [0.15, 0.2) is 9.84 Å². The summed E-state index contributed by atoms with van der Waals surface area (Å²) in [7, 11) is -1.77. The number of pyridine rings is 2. The van der Waals surface area contributed by atoms with E-state index in [0.717, 1.165) is 5.56 Å². The number of rotatable bonds is 8. The predicted molar refractivity (Wildman–Crippen MR) is 134 cm³/mol. The van der Waals surface area contributed by atoms with Gasteiger partial charge in [-0.25, -0.2) is 13.4 Å². The fourth-order valence-electron chi connectivity index (χ4n) is 4.26. The second-order valence-corrected chi connectivity index (χ2v) is 12.3. The third kappa shape index (κ3) is 4.33. The van der Waals surface area contributed by atoms with Crippen molar-refractivity contribution in [2.75, 3.05) is 6.61 Å². The molecule has 2 heterocycles. The molecule has 3 aromatic rings. The molecule has 36 heavy (non-hydrogen) atoms. The van der Waals surface area contributed by atoms with E-state index in [1.807, 2.05) is 6.07 Å². The average Bonchev–Trinajstić information content (AvgIpc) is 3.77. The summed E-state index contributed by atoms with van der Waals surface area (Å²) in [6.45, 7) is 0.142. The van der Waals surface area contributed by atoms with Gasteiger partial charge < -0.3 is 14.6 Å². The SMILES string of the molecule is Cn1c(=O)c(C(=O)NCc2ccc(C#N)cc2)cc2nc(Cl)cc(OCC3(S(=O)(=O)C4CC4)CC3)c21. The van der Waals surface area contributed by atoms with Crippen LogP contribution in [-0.4, -0.2) is 40.5 Å². The molecule has 2 saturated carbocycles. The van der Waals surface area contributed by atoms with Gasteiger partial charge >= 0.3 is 0 Å². The third-order valence-corrected chi connectivity index (χ3v) is 10.0. The molecule has 5 rings (SSSR count). The lowest BCUT2D eigenvalue weighted by Crippen LogP contribution is -2.34. The van der Waals surface area contributed by atoms with Gasteiger partial charge in [-0.05, 0) is 49.4 Å². The van der Waals surface area contributed by atoms with Crippen molar-refractivity contribution in [2.24, 2.45) is 7.05 Å². The first-order valence-corrected chi connectivity index (χ1v) is 13.4. The Hall–Kier alpha value is -3.42. The molecule has 2 aromatic heterocycles. The van der Waals surface area contributed by atoms with Crippen LogP contribution in [0.25, 0.3) is 11.0 Å². The van der Waals surface area contributed by atoms with E-state index >= 15 is 0 Å². The fourth-order valence-corrected chi connectivity index (χ4v) is 6.81. The topological polar surface area (TPSA) is 131 Å². The van der Waals surface area contributed by atoms with Gasteiger partial charge in [0.05, 0.1) is 22.4 Å². The van der Waals surface area contributed by atoms with Crippen molar-refractivity contribution in [3.05, 3.63) is 68.6 Å². The molecule has 9 nitrogen and oxygen atoms in total. The smallest absolute Gasteiger partial charge is 0.263 e. The van der Waals surface area contributed by atoms with Crippen LogP contribution in [0.4, 0.5) is 0 Å². The highest BCUT2D eigenvalue weighted by molar-refractivity contribution is 7.94. The number of nitrogens with zero attached hydrogens (tertiary/aromatic N) is 3. The number of ether oxygens (including phenoxy) is 1. The first-order valence-electron chi connectivity index (χ1n) is 11.5. The van der Waals surface area contributed by atoms with Crippen LogP contribution in [0.15, 0.2) is 41.2 Å². The van der Waals surface area contributed by atoms with E-state index in [4.69, 9.17) is 21.6 Å². The molecular formula is C25H23ClN4O5S. The maximum Gasteiger partial charge on any atom is 0.263 e. The highest BCUT2D eigenvalue weighted by Crippen LogP contribution is 2.50. The van der Waals surface area contributed by atoms with E-state index in [-0.39, 0.29) is 40.4 Å². The Morgan fingerprint density at radius 2 is 1.97 bits per heavy atom. The van der Waals surface area contributed by atoms with Crippen LogP contribution in [0.2, 0.25) is 5.15 Å². The summed E-state index contributed by atoms with van der Waals surface area (Å²) < 4.78 is 32.0. The lowest BCUT2D eigenvalue weighted by Gasteiger charge is -2.19. The number of hydrogen-bond acceptors (Lipinski definition) is 7. The summed E-state index contributed by atoms with van der Waals surface area (Å²) in [4.78, 5) is 30.2. The lowest BCUT2D eigenvalue weighted by molar-refractivity contribution is 0.0949. The highest BCUT2D eigenvalue weighted by atomic mass is 35.5. The van der Waals surface area contributed by atoms with Crippen molar-refractivity contribution >= 4 is 38.4 Å². The zero-order valence-electron chi connectivity index (χ0n) is 19.5. The Balaban J connectivity index is 1.41. The molecular weight excluding hydrogens is 504 g/mol. The summed E-state index contributed by atoms with van der Waals surface area (Å²) in [5, 5.41) is 11.4. The Morgan fingerprint density at radius 1 is 1.28 bits per heavy atom. The number of amides is 1. The summed E-state index contributed by atoms with van der Waals surface area (Å²) >= 11 is 6.21. The maximum absolute atomic E-state index is 13.1. The molecule has 0 bridgehead atoms.